The summed E-state index contributed by atoms with van der Waals surface area (Å²) < 4.78 is 0. The lowest BCUT2D eigenvalue weighted by atomic mass is 9.95. The number of nitrogens with zero attached hydrogens (tertiary/aromatic N) is 3. The molecule has 1 aliphatic heterocycles. The number of hydrogen-bond donors (Lipinski definition) is 2. The van der Waals surface area contributed by atoms with Crippen molar-refractivity contribution in [1.82, 2.24) is 25.4 Å². The summed E-state index contributed by atoms with van der Waals surface area (Å²) in [4.78, 5) is 18.5. The molecule has 20 heavy (non-hydrogen) atoms. The maximum Gasteiger partial charge on any atom is 0.223 e. The van der Waals surface area contributed by atoms with Crippen LogP contribution in [-0.2, 0) is 4.79 Å². The molecule has 1 saturated heterocycles. The Morgan fingerprint density at radius 3 is 2.90 bits per heavy atom. The van der Waals surface area contributed by atoms with Gasteiger partial charge in [0.25, 0.3) is 0 Å². The van der Waals surface area contributed by atoms with Gasteiger partial charge in [-0.3, -0.25) is 9.89 Å². The zero-order valence-corrected chi connectivity index (χ0v) is 12.9. The second kappa shape index (κ2) is 7.64. The van der Waals surface area contributed by atoms with Gasteiger partial charge in [-0.15, -0.1) is 0 Å². The van der Waals surface area contributed by atoms with Crippen molar-refractivity contribution in [3.8, 4) is 0 Å². The summed E-state index contributed by atoms with van der Waals surface area (Å²) in [5.74, 6) is 1.19. The third-order valence-corrected chi connectivity index (χ3v) is 4.54. The van der Waals surface area contributed by atoms with E-state index in [4.69, 9.17) is 0 Å². The molecule has 1 aromatic rings. The Kier molecular flexibility index (Phi) is 5.85. The normalized spacial score (nSPS) is 17.6. The van der Waals surface area contributed by atoms with Gasteiger partial charge in [0.2, 0.25) is 5.91 Å². The lowest BCUT2D eigenvalue weighted by Gasteiger charge is -2.33. The second-order valence-electron chi connectivity index (χ2n) is 5.33. The van der Waals surface area contributed by atoms with Gasteiger partial charge in [-0.05, 0) is 39.8 Å². The number of piperidine rings is 1. The Morgan fingerprint density at radius 2 is 2.30 bits per heavy atom. The fraction of sp³-hybridized carbons (Fsp3) is 0.769. The lowest BCUT2D eigenvalue weighted by Crippen LogP contribution is -2.43. The number of carbonyl (C=O) groups is 1. The van der Waals surface area contributed by atoms with Crippen LogP contribution in [0.25, 0.3) is 0 Å². The molecule has 1 aliphatic rings. The number of amides is 1. The molecule has 7 heteroatoms. The fourth-order valence-electron chi connectivity index (χ4n) is 2.41. The Bertz CT molecular complexity index is 401. The van der Waals surface area contributed by atoms with Crippen LogP contribution in [0.3, 0.4) is 0 Å². The van der Waals surface area contributed by atoms with Crippen molar-refractivity contribution in [3.05, 3.63) is 6.33 Å². The van der Waals surface area contributed by atoms with Gasteiger partial charge in [-0.1, -0.05) is 11.8 Å². The van der Waals surface area contributed by atoms with Crippen LogP contribution in [0.1, 0.15) is 26.7 Å². The minimum atomic E-state index is 0.181. The van der Waals surface area contributed by atoms with Crippen molar-refractivity contribution in [2.24, 2.45) is 5.92 Å². The Morgan fingerprint density at radius 1 is 1.55 bits per heavy atom. The molecule has 0 aromatic carbocycles. The third-order valence-electron chi connectivity index (χ3n) is 3.66. The molecular formula is C13H23N5OS. The van der Waals surface area contributed by atoms with Crippen molar-refractivity contribution in [2.45, 2.75) is 37.9 Å². The van der Waals surface area contributed by atoms with Gasteiger partial charge in [0.05, 0.1) is 0 Å². The SMILES string of the molecule is CC(C)N1CCC(C(=O)NCCSc2ncn[nH]2)CC1. The smallest absolute Gasteiger partial charge is 0.223 e. The number of thioether (sulfide) groups is 1. The standard InChI is InChI=1S/C13H23N5OS/c1-10(2)18-6-3-11(4-7-18)12(19)14-5-8-20-13-15-9-16-17-13/h9-11H,3-8H2,1-2H3,(H,14,19)(H,15,16,17). The molecule has 0 bridgehead atoms. The number of carbonyl (C=O) groups excluding carboxylic acids is 1. The molecule has 2 rings (SSSR count). The van der Waals surface area contributed by atoms with Crippen molar-refractivity contribution < 1.29 is 4.79 Å². The first-order valence-electron chi connectivity index (χ1n) is 7.16. The second-order valence-corrected chi connectivity index (χ2v) is 6.42. The molecular weight excluding hydrogens is 274 g/mol. The van der Waals surface area contributed by atoms with Crippen LogP contribution in [0, 0.1) is 5.92 Å². The number of aromatic nitrogens is 3. The number of hydrogen-bond acceptors (Lipinski definition) is 5. The third kappa shape index (κ3) is 4.49. The minimum absolute atomic E-state index is 0.181. The maximum absolute atomic E-state index is 12.1. The van der Waals surface area contributed by atoms with E-state index >= 15 is 0 Å². The first-order chi connectivity index (χ1) is 9.66. The van der Waals surface area contributed by atoms with Gasteiger partial charge < -0.3 is 10.2 Å². The van der Waals surface area contributed by atoms with E-state index in [0.29, 0.717) is 12.6 Å². The van der Waals surface area contributed by atoms with E-state index in [-0.39, 0.29) is 11.8 Å². The highest BCUT2D eigenvalue weighted by atomic mass is 32.2. The van der Waals surface area contributed by atoms with Crippen molar-refractivity contribution in [1.29, 1.82) is 0 Å². The molecule has 6 nitrogen and oxygen atoms in total. The summed E-state index contributed by atoms with van der Waals surface area (Å²) in [6, 6.07) is 0.581. The zero-order chi connectivity index (χ0) is 14.4. The fourth-order valence-corrected chi connectivity index (χ4v) is 3.04. The molecule has 1 aromatic heterocycles. The maximum atomic E-state index is 12.1. The first-order valence-corrected chi connectivity index (χ1v) is 8.15. The average molecular weight is 297 g/mol. The van der Waals surface area contributed by atoms with Gasteiger partial charge in [0.1, 0.15) is 6.33 Å². The molecule has 0 unspecified atom stereocenters. The lowest BCUT2D eigenvalue weighted by molar-refractivity contribution is -0.126. The molecule has 0 atom stereocenters. The molecule has 2 heterocycles. The number of H-pyrrole nitrogens is 1. The molecule has 1 fully saturated rings. The monoisotopic (exact) mass is 297 g/mol. The number of rotatable bonds is 6. The van der Waals surface area contributed by atoms with E-state index in [9.17, 15) is 4.79 Å². The minimum Gasteiger partial charge on any atom is -0.355 e. The van der Waals surface area contributed by atoms with Gasteiger partial charge in [0.15, 0.2) is 5.16 Å². The average Bonchev–Trinajstić information content (AvgIpc) is 2.96. The van der Waals surface area contributed by atoms with Gasteiger partial charge in [0, 0.05) is 24.3 Å². The van der Waals surface area contributed by atoms with E-state index in [2.05, 4.69) is 39.2 Å². The molecule has 1 amide bonds. The molecule has 2 N–H and O–H groups in total. The Balaban J connectivity index is 1.61. The van der Waals surface area contributed by atoms with E-state index in [1.807, 2.05) is 0 Å². The van der Waals surface area contributed by atoms with Crippen molar-refractivity contribution in [3.63, 3.8) is 0 Å². The van der Waals surface area contributed by atoms with Gasteiger partial charge in [-0.25, -0.2) is 4.98 Å². The predicted octanol–water partition coefficient (Wildman–Crippen LogP) is 1.13. The van der Waals surface area contributed by atoms with Crippen LogP contribution < -0.4 is 5.32 Å². The van der Waals surface area contributed by atoms with Crippen LogP contribution in [0.5, 0.6) is 0 Å². The van der Waals surface area contributed by atoms with Crippen molar-refractivity contribution in [2.75, 3.05) is 25.4 Å². The Labute approximate surface area is 124 Å². The predicted molar refractivity (Wildman–Crippen MR) is 79.5 cm³/mol. The van der Waals surface area contributed by atoms with E-state index < -0.39 is 0 Å². The van der Waals surface area contributed by atoms with Crippen LogP contribution in [0.15, 0.2) is 11.5 Å². The zero-order valence-electron chi connectivity index (χ0n) is 12.1. The summed E-state index contributed by atoms with van der Waals surface area (Å²) in [5, 5.41) is 10.4. The molecule has 0 spiro atoms. The molecule has 0 aliphatic carbocycles. The summed E-state index contributed by atoms with van der Waals surface area (Å²) >= 11 is 1.57. The topological polar surface area (TPSA) is 73.9 Å². The highest BCUT2D eigenvalue weighted by Crippen LogP contribution is 2.19. The van der Waals surface area contributed by atoms with Crippen LogP contribution in [-0.4, -0.2) is 57.4 Å². The Hall–Kier alpha value is -1.08. The summed E-state index contributed by atoms with van der Waals surface area (Å²) in [6.07, 6.45) is 3.43. The summed E-state index contributed by atoms with van der Waals surface area (Å²) in [7, 11) is 0. The number of nitrogens with one attached hydrogen (secondary N) is 2. The number of aromatic amines is 1. The molecule has 0 saturated carbocycles. The largest absolute Gasteiger partial charge is 0.355 e. The van der Waals surface area contributed by atoms with E-state index in [0.717, 1.165) is 36.8 Å². The van der Waals surface area contributed by atoms with Gasteiger partial charge >= 0.3 is 0 Å². The number of likely N-dealkylation sites (tertiary alicyclic amines) is 1. The quantitative estimate of drug-likeness (QED) is 0.608. The van der Waals surface area contributed by atoms with Crippen LogP contribution >= 0.6 is 11.8 Å². The van der Waals surface area contributed by atoms with Crippen LogP contribution in [0.2, 0.25) is 0 Å². The molecule has 0 radical (unpaired) electrons. The van der Waals surface area contributed by atoms with Gasteiger partial charge in [-0.2, -0.15) is 5.10 Å². The van der Waals surface area contributed by atoms with Crippen LogP contribution in [0.4, 0.5) is 0 Å². The van der Waals surface area contributed by atoms with Crippen molar-refractivity contribution >= 4 is 17.7 Å². The van der Waals surface area contributed by atoms with E-state index in [1.165, 1.54) is 6.33 Å². The highest BCUT2D eigenvalue weighted by molar-refractivity contribution is 7.99. The molecule has 112 valence electrons. The summed E-state index contributed by atoms with van der Waals surface area (Å²) in [6.45, 7) is 7.15. The summed E-state index contributed by atoms with van der Waals surface area (Å²) in [5.41, 5.74) is 0. The first kappa shape index (κ1) is 15.3. The van der Waals surface area contributed by atoms with E-state index in [1.54, 1.807) is 11.8 Å². The highest BCUT2D eigenvalue weighted by Gasteiger charge is 2.25.